The van der Waals surface area contributed by atoms with Gasteiger partial charge in [-0.3, -0.25) is 4.79 Å². The lowest BCUT2D eigenvalue weighted by Gasteiger charge is -2.13. The van der Waals surface area contributed by atoms with Crippen LogP contribution in [-0.4, -0.2) is 27.8 Å². The number of hydrogen-bond acceptors (Lipinski definition) is 4. The van der Waals surface area contributed by atoms with Crippen molar-refractivity contribution in [2.24, 2.45) is 5.10 Å². The first-order chi connectivity index (χ1) is 11.9. The molecule has 0 aromatic heterocycles. The van der Waals surface area contributed by atoms with Gasteiger partial charge in [-0.05, 0) is 48.9 Å². The smallest absolute Gasteiger partial charge is 0.337 e. The first kappa shape index (κ1) is 16.7. The third-order valence-corrected chi connectivity index (χ3v) is 4.02. The van der Waals surface area contributed by atoms with Crippen molar-refractivity contribution in [1.82, 2.24) is 0 Å². The van der Waals surface area contributed by atoms with E-state index in [0.29, 0.717) is 17.0 Å². The van der Waals surface area contributed by atoms with Gasteiger partial charge >= 0.3 is 5.97 Å². The molecule has 2 aromatic carbocycles. The van der Waals surface area contributed by atoms with Crippen molar-refractivity contribution in [2.75, 3.05) is 5.01 Å². The number of hydrazone groups is 1. The number of hydrogen-bond donors (Lipinski definition) is 2. The van der Waals surface area contributed by atoms with Crippen LogP contribution in [0.25, 0.3) is 6.08 Å². The predicted octanol–water partition coefficient (Wildman–Crippen LogP) is 3.55. The highest BCUT2D eigenvalue weighted by Crippen LogP contribution is 2.28. The van der Waals surface area contributed by atoms with E-state index >= 15 is 0 Å². The molecule has 3 rings (SSSR count). The first-order valence-corrected chi connectivity index (χ1v) is 7.68. The Kier molecular flexibility index (Phi) is 4.29. The van der Waals surface area contributed by atoms with E-state index in [9.17, 15) is 14.7 Å². The van der Waals surface area contributed by atoms with E-state index in [1.54, 1.807) is 25.1 Å². The summed E-state index contributed by atoms with van der Waals surface area (Å²) in [5, 5.41) is 23.9. The number of rotatable bonds is 3. The monoisotopic (exact) mass is 356 g/mol. The third-order valence-electron chi connectivity index (χ3n) is 3.69. The topological polar surface area (TPSA) is 90.2 Å². The number of aromatic carboxylic acids is 1. The molecule has 1 amide bonds. The zero-order chi connectivity index (χ0) is 18.1. The number of phenolic OH excluding ortho intramolecular Hbond substituents is 1. The first-order valence-electron chi connectivity index (χ1n) is 7.30. The fourth-order valence-electron chi connectivity index (χ4n) is 2.41. The van der Waals surface area contributed by atoms with E-state index in [4.69, 9.17) is 16.7 Å². The number of phenols is 1. The molecule has 2 aromatic rings. The van der Waals surface area contributed by atoms with Crippen molar-refractivity contribution < 1.29 is 19.8 Å². The minimum Gasteiger partial charge on any atom is -0.508 e. The fraction of sp³-hybridized carbons (Fsp3) is 0.0556. The standard InChI is InChI=1S/C18H13ClN2O4/c1-10-14(8-11-2-5-13(22)6-3-11)17(23)21(20-10)12-4-7-16(19)15(9-12)18(24)25/h2-9,22H,1H3,(H,24,25)/b14-8-. The van der Waals surface area contributed by atoms with E-state index in [2.05, 4.69) is 5.10 Å². The molecule has 0 aliphatic carbocycles. The van der Waals surface area contributed by atoms with E-state index in [1.807, 2.05) is 0 Å². The molecule has 6 nitrogen and oxygen atoms in total. The van der Waals surface area contributed by atoms with Crippen molar-refractivity contribution in [1.29, 1.82) is 0 Å². The van der Waals surface area contributed by atoms with E-state index in [0.717, 1.165) is 10.6 Å². The maximum Gasteiger partial charge on any atom is 0.337 e. The number of aromatic hydroxyl groups is 1. The summed E-state index contributed by atoms with van der Waals surface area (Å²) in [5.74, 6) is -1.42. The Morgan fingerprint density at radius 2 is 1.88 bits per heavy atom. The number of carbonyl (C=O) groups is 2. The zero-order valence-electron chi connectivity index (χ0n) is 13.1. The molecule has 0 radical (unpaired) electrons. The van der Waals surface area contributed by atoms with Crippen LogP contribution in [0.1, 0.15) is 22.8 Å². The molecular formula is C18H13ClN2O4. The number of anilines is 1. The fourth-order valence-corrected chi connectivity index (χ4v) is 2.60. The molecule has 0 unspecified atom stereocenters. The number of carbonyl (C=O) groups excluding carboxylic acids is 1. The van der Waals surface area contributed by atoms with Crippen LogP contribution in [0.4, 0.5) is 5.69 Å². The lowest BCUT2D eigenvalue weighted by molar-refractivity contribution is -0.114. The van der Waals surface area contributed by atoms with Gasteiger partial charge in [-0.15, -0.1) is 0 Å². The van der Waals surface area contributed by atoms with Gasteiger partial charge in [-0.1, -0.05) is 23.7 Å². The lowest BCUT2D eigenvalue weighted by atomic mass is 10.1. The number of nitrogens with zero attached hydrogens (tertiary/aromatic N) is 2. The molecule has 1 aliphatic rings. The van der Waals surface area contributed by atoms with Crippen LogP contribution in [-0.2, 0) is 4.79 Å². The molecule has 126 valence electrons. The highest BCUT2D eigenvalue weighted by atomic mass is 35.5. The van der Waals surface area contributed by atoms with Gasteiger partial charge in [0, 0.05) is 0 Å². The summed E-state index contributed by atoms with van der Waals surface area (Å²) in [7, 11) is 0. The van der Waals surface area contributed by atoms with Crippen LogP contribution in [0.2, 0.25) is 5.02 Å². The Balaban J connectivity index is 1.96. The Labute approximate surface area is 148 Å². The van der Waals surface area contributed by atoms with E-state index in [-0.39, 0.29) is 22.2 Å². The Hall–Kier alpha value is -3.12. The highest BCUT2D eigenvalue weighted by molar-refractivity contribution is 6.34. The van der Waals surface area contributed by atoms with Crippen molar-refractivity contribution in [3.63, 3.8) is 0 Å². The van der Waals surface area contributed by atoms with Gasteiger partial charge in [0.25, 0.3) is 5.91 Å². The van der Waals surface area contributed by atoms with Gasteiger partial charge in [0.05, 0.1) is 27.6 Å². The van der Waals surface area contributed by atoms with Gasteiger partial charge in [0.2, 0.25) is 0 Å². The molecule has 1 heterocycles. The second-order valence-corrected chi connectivity index (χ2v) is 5.83. The van der Waals surface area contributed by atoms with Gasteiger partial charge in [-0.25, -0.2) is 4.79 Å². The maximum absolute atomic E-state index is 12.7. The average molecular weight is 357 g/mol. The summed E-state index contributed by atoms with van der Waals surface area (Å²) in [6, 6.07) is 10.7. The summed E-state index contributed by atoms with van der Waals surface area (Å²) >= 11 is 5.86. The SMILES string of the molecule is CC1=NN(c2ccc(Cl)c(C(=O)O)c2)C(=O)/C1=C\c1ccc(O)cc1. The molecule has 7 heteroatoms. The van der Waals surface area contributed by atoms with Gasteiger partial charge in [-0.2, -0.15) is 10.1 Å². The number of amides is 1. The normalized spacial score (nSPS) is 15.6. The summed E-state index contributed by atoms with van der Waals surface area (Å²) in [4.78, 5) is 23.9. The van der Waals surface area contributed by atoms with Crippen LogP contribution in [0.5, 0.6) is 5.75 Å². The molecule has 0 spiro atoms. The molecule has 0 bridgehead atoms. The second-order valence-electron chi connectivity index (χ2n) is 5.42. The van der Waals surface area contributed by atoms with Crippen LogP contribution < -0.4 is 5.01 Å². The van der Waals surface area contributed by atoms with Crippen molar-refractivity contribution in [3.05, 3.63) is 64.2 Å². The second kappa shape index (κ2) is 6.41. The highest BCUT2D eigenvalue weighted by Gasteiger charge is 2.29. The predicted molar refractivity (Wildman–Crippen MR) is 95.1 cm³/mol. The Morgan fingerprint density at radius 3 is 2.52 bits per heavy atom. The quantitative estimate of drug-likeness (QED) is 0.823. The Bertz CT molecular complexity index is 933. The molecule has 0 saturated carbocycles. The number of carboxylic acid groups (broad SMARTS) is 1. The Morgan fingerprint density at radius 1 is 1.20 bits per heavy atom. The van der Waals surface area contributed by atoms with Crippen LogP contribution >= 0.6 is 11.6 Å². The molecule has 0 fully saturated rings. The van der Waals surface area contributed by atoms with E-state index < -0.39 is 5.97 Å². The number of halogens is 1. The largest absolute Gasteiger partial charge is 0.508 e. The summed E-state index contributed by atoms with van der Waals surface area (Å²) in [6.45, 7) is 1.69. The lowest BCUT2D eigenvalue weighted by Crippen LogP contribution is -2.21. The van der Waals surface area contributed by atoms with Gasteiger partial charge in [0.1, 0.15) is 5.75 Å². The third kappa shape index (κ3) is 3.25. The number of benzene rings is 2. The van der Waals surface area contributed by atoms with E-state index in [1.165, 1.54) is 30.3 Å². The maximum atomic E-state index is 12.7. The van der Waals surface area contributed by atoms with Crippen molar-refractivity contribution in [2.45, 2.75) is 6.92 Å². The van der Waals surface area contributed by atoms with Crippen LogP contribution in [0.3, 0.4) is 0 Å². The number of carboxylic acids is 1. The summed E-state index contributed by atoms with van der Waals surface area (Å²) in [5.41, 5.74) is 1.85. The molecule has 0 atom stereocenters. The minimum atomic E-state index is -1.18. The minimum absolute atomic E-state index is 0.0865. The molecule has 25 heavy (non-hydrogen) atoms. The zero-order valence-corrected chi connectivity index (χ0v) is 13.9. The molecule has 2 N–H and O–H groups in total. The molecule has 0 saturated heterocycles. The molecular weight excluding hydrogens is 344 g/mol. The van der Waals surface area contributed by atoms with Gasteiger partial charge in [0.15, 0.2) is 0 Å². The van der Waals surface area contributed by atoms with Crippen molar-refractivity contribution >= 4 is 41.0 Å². The molecule has 1 aliphatic heterocycles. The average Bonchev–Trinajstić information content (AvgIpc) is 2.85. The van der Waals surface area contributed by atoms with Crippen molar-refractivity contribution in [3.8, 4) is 5.75 Å². The summed E-state index contributed by atoms with van der Waals surface area (Å²) in [6.07, 6.45) is 1.66. The van der Waals surface area contributed by atoms with Crippen LogP contribution in [0.15, 0.2) is 53.1 Å². The van der Waals surface area contributed by atoms with Crippen LogP contribution in [0, 0.1) is 0 Å². The summed E-state index contributed by atoms with van der Waals surface area (Å²) < 4.78 is 0. The van der Waals surface area contributed by atoms with Gasteiger partial charge < -0.3 is 10.2 Å².